The van der Waals surface area contributed by atoms with E-state index < -0.39 is 22.8 Å². The maximum atomic E-state index is 12.2. The van der Waals surface area contributed by atoms with Crippen LogP contribution in [0.15, 0.2) is 58.4 Å². The predicted molar refractivity (Wildman–Crippen MR) is 107 cm³/mol. The zero-order valence-corrected chi connectivity index (χ0v) is 17.1. The highest BCUT2D eigenvalue weighted by atomic mass is 32.2. The van der Waals surface area contributed by atoms with Gasteiger partial charge in [0, 0.05) is 13.1 Å². The molecule has 11 heteroatoms. The topological polar surface area (TPSA) is 106 Å². The van der Waals surface area contributed by atoms with Gasteiger partial charge in [0.15, 0.2) is 12.6 Å². The number of ether oxygens (including phenoxy) is 1. The van der Waals surface area contributed by atoms with E-state index in [0.717, 1.165) is 11.1 Å². The van der Waals surface area contributed by atoms with E-state index in [9.17, 15) is 21.6 Å². The number of nitrogens with zero attached hydrogens (tertiary/aromatic N) is 1. The van der Waals surface area contributed by atoms with Crippen molar-refractivity contribution in [2.75, 3.05) is 13.2 Å². The van der Waals surface area contributed by atoms with Crippen LogP contribution in [0.25, 0.3) is 0 Å². The van der Waals surface area contributed by atoms with Crippen LogP contribution in [0.5, 0.6) is 5.75 Å². The Bertz CT molecular complexity index is 944. The largest absolute Gasteiger partial charge is 0.484 e. The quantitative estimate of drug-likeness (QED) is 0.429. The van der Waals surface area contributed by atoms with Crippen molar-refractivity contribution >= 4 is 16.0 Å². The van der Waals surface area contributed by atoms with Crippen molar-refractivity contribution in [1.29, 1.82) is 0 Å². The van der Waals surface area contributed by atoms with Crippen LogP contribution in [0, 0.1) is 0 Å². The number of guanidine groups is 1. The van der Waals surface area contributed by atoms with Gasteiger partial charge in [-0.1, -0.05) is 24.3 Å². The Balaban J connectivity index is 1.94. The molecule has 0 aromatic heterocycles. The van der Waals surface area contributed by atoms with Gasteiger partial charge < -0.3 is 15.4 Å². The van der Waals surface area contributed by atoms with Crippen molar-refractivity contribution in [2.24, 2.45) is 10.1 Å². The van der Waals surface area contributed by atoms with Crippen LogP contribution in [0.3, 0.4) is 0 Å². The minimum absolute atomic E-state index is 0.0366. The van der Waals surface area contributed by atoms with Crippen molar-refractivity contribution in [3.8, 4) is 5.75 Å². The van der Waals surface area contributed by atoms with Gasteiger partial charge in [0.1, 0.15) is 5.75 Å². The van der Waals surface area contributed by atoms with Crippen LogP contribution in [-0.4, -0.2) is 33.7 Å². The second-order valence-corrected chi connectivity index (χ2v) is 7.85. The molecule has 0 spiro atoms. The third-order valence-electron chi connectivity index (χ3n) is 3.80. The van der Waals surface area contributed by atoms with Crippen LogP contribution < -0.4 is 20.5 Å². The first-order valence-corrected chi connectivity index (χ1v) is 10.5. The summed E-state index contributed by atoms with van der Waals surface area (Å²) < 4.78 is 63.8. The number of halogens is 3. The standard InChI is InChI=1S/C19H23F3N4O3S/c1-2-24-18(26-12-15-5-9-17(10-6-15)30(23,27)28)25-11-14-3-7-16(8-4-14)29-13-19(20,21)22/h3-10H,2,11-13H2,1H3,(H2,23,27,28)(H2,24,25,26). The lowest BCUT2D eigenvalue weighted by molar-refractivity contribution is -0.153. The Labute approximate surface area is 173 Å². The van der Waals surface area contributed by atoms with Gasteiger partial charge in [0.2, 0.25) is 10.0 Å². The smallest absolute Gasteiger partial charge is 0.422 e. The molecule has 0 bridgehead atoms. The number of hydrogen-bond acceptors (Lipinski definition) is 4. The number of alkyl halides is 3. The molecule has 0 atom stereocenters. The van der Waals surface area contributed by atoms with Gasteiger partial charge in [-0.3, -0.25) is 0 Å². The number of rotatable bonds is 8. The fourth-order valence-electron chi connectivity index (χ4n) is 2.35. The van der Waals surface area contributed by atoms with Gasteiger partial charge in [-0.15, -0.1) is 0 Å². The zero-order chi connectivity index (χ0) is 22.2. The molecule has 0 unspecified atom stereocenters. The van der Waals surface area contributed by atoms with E-state index in [0.29, 0.717) is 25.6 Å². The van der Waals surface area contributed by atoms with E-state index in [1.54, 1.807) is 24.3 Å². The summed E-state index contributed by atoms with van der Waals surface area (Å²) in [5, 5.41) is 11.3. The molecule has 0 aliphatic rings. The summed E-state index contributed by atoms with van der Waals surface area (Å²) >= 11 is 0. The number of primary sulfonamides is 1. The Morgan fingerprint density at radius 1 is 1.03 bits per heavy atom. The number of sulfonamides is 1. The maximum Gasteiger partial charge on any atom is 0.422 e. The summed E-state index contributed by atoms with van der Waals surface area (Å²) in [6.45, 7) is 1.91. The Hall–Kier alpha value is -2.79. The first-order valence-electron chi connectivity index (χ1n) is 8.99. The molecule has 0 aliphatic carbocycles. The lowest BCUT2D eigenvalue weighted by atomic mass is 10.2. The van der Waals surface area contributed by atoms with E-state index >= 15 is 0 Å². The van der Waals surface area contributed by atoms with Crippen molar-refractivity contribution < 1.29 is 26.3 Å². The summed E-state index contributed by atoms with van der Waals surface area (Å²) in [7, 11) is -3.73. The zero-order valence-electron chi connectivity index (χ0n) is 16.2. The molecule has 164 valence electrons. The average Bonchev–Trinajstić information content (AvgIpc) is 2.68. The average molecular weight is 444 g/mol. The molecule has 2 rings (SSSR count). The van der Waals surface area contributed by atoms with Gasteiger partial charge in [-0.25, -0.2) is 18.5 Å². The van der Waals surface area contributed by atoms with Crippen LogP contribution >= 0.6 is 0 Å². The first kappa shape index (κ1) is 23.5. The van der Waals surface area contributed by atoms with Crippen molar-refractivity contribution in [1.82, 2.24) is 10.6 Å². The molecule has 0 heterocycles. The number of nitrogens with one attached hydrogen (secondary N) is 2. The van der Waals surface area contributed by atoms with E-state index in [1.807, 2.05) is 6.92 Å². The summed E-state index contributed by atoms with van der Waals surface area (Å²) in [5.74, 6) is 0.665. The molecule has 2 aromatic rings. The molecule has 30 heavy (non-hydrogen) atoms. The number of aliphatic imine (C=N–C) groups is 1. The third-order valence-corrected chi connectivity index (χ3v) is 4.73. The molecule has 0 radical (unpaired) electrons. The molecule has 4 N–H and O–H groups in total. The number of hydrogen-bond donors (Lipinski definition) is 3. The predicted octanol–water partition coefficient (Wildman–Crippen LogP) is 2.53. The molecular weight excluding hydrogens is 421 g/mol. The highest BCUT2D eigenvalue weighted by molar-refractivity contribution is 7.89. The maximum absolute atomic E-state index is 12.2. The normalized spacial score (nSPS) is 12.5. The monoisotopic (exact) mass is 444 g/mol. The lowest BCUT2D eigenvalue weighted by Crippen LogP contribution is -2.36. The minimum atomic E-state index is -4.38. The van der Waals surface area contributed by atoms with Crippen LogP contribution in [0.4, 0.5) is 13.2 Å². The van der Waals surface area contributed by atoms with Gasteiger partial charge >= 0.3 is 6.18 Å². The van der Waals surface area contributed by atoms with Crippen LogP contribution in [-0.2, 0) is 23.1 Å². The summed E-state index contributed by atoms with van der Waals surface area (Å²) in [4.78, 5) is 4.46. The highest BCUT2D eigenvalue weighted by Crippen LogP contribution is 2.19. The molecule has 0 amide bonds. The highest BCUT2D eigenvalue weighted by Gasteiger charge is 2.28. The molecule has 7 nitrogen and oxygen atoms in total. The van der Waals surface area contributed by atoms with Gasteiger partial charge in [0.25, 0.3) is 0 Å². The van der Waals surface area contributed by atoms with Crippen LogP contribution in [0.2, 0.25) is 0 Å². The molecular formula is C19H23F3N4O3S. The lowest BCUT2D eigenvalue weighted by Gasteiger charge is -2.12. The molecule has 0 aliphatic heterocycles. The fourth-order valence-corrected chi connectivity index (χ4v) is 2.87. The molecule has 2 aromatic carbocycles. The molecule has 0 saturated carbocycles. The number of benzene rings is 2. The van der Waals surface area contributed by atoms with Gasteiger partial charge in [-0.2, -0.15) is 13.2 Å². The SMILES string of the molecule is CCNC(=NCc1ccc(OCC(F)(F)F)cc1)NCc1ccc(S(N)(=O)=O)cc1. The van der Waals surface area contributed by atoms with E-state index in [1.165, 1.54) is 24.3 Å². The van der Waals surface area contributed by atoms with E-state index in [2.05, 4.69) is 20.4 Å². The second-order valence-electron chi connectivity index (χ2n) is 6.29. The summed E-state index contributed by atoms with van der Waals surface area (Å²) in [5.41, 5.74) is 1.63. The molecule has 0 fully saturated rings. The second kappa shape index (κ2) is 10.3. The van der Waals surface area contributed by atoms with Gasteiger partial charge in [-0.05, 0) is 42.3 Å². The summed E-state index contributed by atoms with van der Waals surface area (Å²) in [6.07, 6.45) is -4.38. The third kappa shape index (κ3) is 8.29. The van der Waals surface area contributed by atoms with Crippen LogP contribution in [0.1, 0.15) is 18.1 Å². The van der Waals surface area contributed by atoms with Crippen molar-refractivity contribution in [3.05, 3.63) is 59.7 Å². The summed E-state index contributed by atoms with van der Waals surface area (Å²) in [6, 6.07) is 12.4. The Morgan fingerprint density at radius 2 is 1.63 bits per heavy atom. The fraction of sp³-hybridized carbons (Fsp3) is 0.316. The Morgan fingerprint density at radius 3 is 2.17 bits per heavy atom. The van der Waals surface area contributed by atoms with E-state index in [4.69, 9.17) is 5.14 Å². The van der Waals surface area contributed by atoms with E-state index in [-0.39, 0.29) is 10.6 Å². The Kier molecular flexibility index (Phi) is 8.07. The van der Waals surface area contributed by atoms with Gasteiger partial charge in [0.05, 0.1) is 11.4 Å². The molecule has 0 saturated heterocycles. The van der Waals surface area contributed by atoms with Crippen molar-refractivity contribution in [3.63, 3.8) is 0 Å². The van der Waals surface area contributed by atoms with Crippen molar-refractivity contribution in [2.45, 2.75) is 31.1 Å². The minimum Gasteiger partial charge on any atom is -0.484 e. The first-order chi connectivity index (χ1) is 14.1. The number of nitrogens with two attached hydrogens (primary N) is 1.